The van der Waals surface area contributed by atoms with Crippen LogP contribution in [-0.4, -0.2) is 58.0 Å². The second-order valence-corrected chi connectivity index (χ2v) is 7.63. The molecule has 0 unspecified atom stereocenters. The van der Waals surface area contributed by atoms with Crippen molar-refractivity contribution in [3.63, 3.8) is 0 Å². The zero-order chi connectivity index (χ0) is 18.0. The zero-order valence-electron chi connectivity index (χ0n) is 15.6. The van der Waals surface area contributed by atoms with E-state index in [4.69, 9.17) is 16.1 Å². The molecule has 3 heterocycles. The molecule has 1 fully saturated rings. The number of aryl methyl sites for hydroxylation is 2. The molecule has 0 aliphatic carbocycles. The Morgan fingerprint density at radius 2 is 2.16 bits per heavy atom. The average Bonchev–Trinajstić information content (AvgIpc) is 3.12. The van der Waals surface area contributed by atoms with Gasteiger partial charge < -0.3 is 9.42 Å². The van der Waals surface area contributed by atoms with Crippen molar-refractivity contribution in [1.29, 1.82) is 0 Å². The predicted octanol–water partition coefficient (Wildman–Crippen LogP) is 3.34. The molecule has 0 radical (unpaired) electrons. The fraction of sp³-hybridized carbons (Fsp3) is 0.667. The van der Waals surface area contributed by atoms with E-state index in [1.807, 2.05) is 20.0 Å². The molecule has 0 saturated carbocycles. The first-order valence-corrected chi connectivity index (χ1v) is 9.37. The second-order valence-electron chi connectivity index (χ2n) is 7.28. The highest BCUT2D eigenvalue weighted by Gasteiger charge is 2.27. The van der Waals surface area contributed by atoms with Crippen LogP contribution >= 0.6 is 11.6 Å². The summed E-state index contributed by atoms with van der Waals surface area (Å²) >= 11 is 6.57. The van der Waals surface area contributed by atoms with Gasteiger partial charge in [0.05, 0.1) is 0 Å². The van der Waals surface area contributed by atoms with Gasteiger partial charge in [0.2, 0.25) is 0 Å². The van der Waals surface area contributed by atoms with E-state index in [1.54, 1.807) is 4.68 Å². The van der Waals surface area contributed by atoms with Gasteiger partial charge in [-0.15, -0.1) is 0 Å². The van der Waals surface area contributed by atoms with Crippen molar-refractivity contribution >= 4 is 11.6 Å². The molecule has 0 N–H and O–H groups in total. The van der Waals surface area contributed by atoms with Crippen molar-refractivity contribution in [2.24, 2.45) is 7.05 Å². The van der Waals surface area contributed by atoms with Gasteiger partial charge in [0, 0.05) is 31.3 Å². The molecule has 0 bridgehead atoms. The van der Waals surface area contributed by atoms with Crippen molar-refractivity contribution in [3.05, 3.63) is 22.5 Å². The lowest BCUT2D eigenvalue weighted by atomic mass is 9.98. The van der Waals surface area contributed by atoms with Crippen LogP contribution in [-0.2, 0) is 13.6 Å². The summed E-state index contributed by atoms with van der Waals surface area (Å²) in [7, 11) is 6.15. The quantitative estimate of drug-likeness (QED) is 0.785. The van der Waals surface area contributed by atoms with E-state index >= 15 is 0 Å². The Bertz CT molecular complexity index is 708. The third kappa shape index (κ3) is 4.25. The fourth-order valence-electron chi connectivity index (χ4n) is 3.58. The molecule has 138 valence electrons. The Balaban J connectivity index is 1.83. The van der Waals surface area contributed by atoms with Crippen LogP contribution in [0.5, 0.6) is 0 Å². The third-order valence-corrected chi connectivity index (χ3v) is 5.43. The van der Waals surface area contributed by atoms with Crippen molar-refractivity contribution in [1.82, 2.24) is 24.7 Å². The van der Waals surface area contributed by atoms with Gasteiger partial charge >= 0.3 is 0 Å². The van der Waals surface area contributed by atoms with Crippen LogP contribution in [0.3, 0.4) is 0 Å². The van der Waals surface area contributed by atoms with Gasteiger partial charge in [0.15, 0.2) is 0 Å². The molecule has 1 saturated heterocycles. The summed E-state index contributed by atoms with van der Waals surface area (Å²) in [4.78, 5) is 4.82. The summed E-state index contributed by atoms with van der Waals surface area (Å²) in [5.74, 6) is 0.782. The van der Waals surface area contributed by atoms with Crippen molar-refractivity contribution in [3.8, 4) is 11.4 Å². The minimum absolute atomic E-state index is 0.597. The zero-order valence-corrected chi connectivity index (χ0v) is 16.4. The van der Waals surface area contributed by atoms with Gasteiger partial charge in [-0.05, 0) is 53.4 Å². The van der Waals surface area contributed by atoms with E-state index in [0.717, 1.165) is 42.3 Å². The van der Waals surface area contributed by atoms with Crippen LogP contribution in [0.4, 0.5) is 0 Å². The molecule has 0 spiro atoms. The summed E-state index contributed by atoms with van der Waals surface area (Å²) in [6, 6.07) is 2.52. The lowest BCUT2D eigenvalue weighted by molar-refractivity contribution is 0.125. The molecule has 2 aromatic heterocycles. The normalized spacial score (nSPS) is 19.0. The first kappa shape index (κ1) is 18.4. The molecule has 25 heavy (non-hydrogen) atoms. The topological polar surface area (TPSA) is 50.3 Å². The molecule has 1 aliphatic heterocycles. The number of hydrogen-bond donors (Lipinski definition) is 0. The van der Waals surface area contributed by atoms with Gasteiger partial charge in [0.1, 0.15) is 22.3 Å². The lowest BCUT2D eigenvalue weighted by Gasteiger charge is -2.36. The lowest BCUT2D eigenvalue weighted by Crippen LogP contribution is -2.40. The third-order valence-electron chi connectivity index (χ3n) is 4.96. The van der Waals surface area contributed by atoms with E-state index in [0.29, 0.717) is 11.2 Å². The highest BCUT2D eigenvalue weighted by molar-refractivity contribution is 6.30. The Morgan fingerprint density at radius 1 is 1.36 bits per heavy atom. The number of likely N-dealkylation sites (tertiary alicyclic amines) is 1. The van der Waals surface area contributed by atoms with Crippen LogP contribution in [0, 0.1) is 6.92 Å². The smallest absolute Gasteiger partial charge is 0.134 e. The van der Waals surface area contributed by atoms with Gasteiger partial charge in [0.25, 0.3) is 0 Å². The van der Waals surface area contributed by atoms with Gasteiger partial charge in [-0.1, -0.05) is 23.2 Å². The van der Waals surface area contributed by atoms with Gasteiger partial charge in [-0.2, -0.15) is 5.10 Å². The monoisotopic (exact) mass is 365 g/mol. The highest BCUT2D eigenvalue weighted by Crippen LogP contribution is 2.31. The maximum absolute atomic E-state index is 6.57. The summed E-state index contributed by atoms with van der Waals surface area (Å²) in [5.41, 5.74) is 2.65. The number of piperidine rings is 1. The molecule has 1 atom stereocenters. The van der Waals surface area contributed by atoms with E-state index in [-0.39, 0.29) is 0 Å². The maximum atomic E-state index is 6.57. The summed E-state index contributed by atoms with van der Waals surface area (Å²) < 4.78 is 6.97. The number of rotatable bonds is 6. The second kappa shape index (κ2) is 7.89. The number of halogens is 1. The van der Waals surface area contributed by atoms with Crippen LogP contribution in [0.25, 0.3) is 11.4 Å². The molecule has 0 amide bonds. The number of hydrogen-bond acceptors (Lipinski definition) is 5. The SMILES string of the molecule is Cc1cc(-c2nn(C)c(Cl)c2CN2CCCC[C@@H]2CCN(C)C)no1. The molecular formula is C18H28ClN5O. The van der Waals surface area contributed by atoms with E-state index in [9.17, 15) is 0 Å². The Hall–Kier alpha value is -1.37. The largest absolute Gasteiger partial charge is 0.361 e. The molecular weight excluding hydrogens is 338 g/mol. The maximum Gasteiger partial charge on any atom is 0.134 e. The predicted molar refractivity (Wildman–Crippen MR) is 99.7 cm³/mol. The summed E-state index contributed by atoms with van der Waals surface area (Å²) in [5, 5.41) is 9.41. The molecule has 0 aromatic carbocycles. The average molecular weight is 366 g/mol. The Kier molecular flexibility index (Phi) is 5.81. The summed E-state index contributed by atoms with van der Waals surface area (Å²) in [6.45, 7) is 4.92. The Labute approximate surface area is 154 Å². The standard InChI is InChI=1S/C18H28ClN5O/c1-13-11-16(21-25-13)17-15(18(19)23(4)20-17)12-24-9-6-5-7-14(24)8-10-22(2)3/h11,14H,5-10,12H2,1-4H3/t14-/m1/s1. The first-order valence-electron chi connectivity index (χ1n) is 8.99. The van der Waals surface area contributed by atoms with Crippen LogP contribution < -0.4 is 0 Å². The van der Waals surface area contributed by atoms with Crippen molar-refractivity contribution in [2.45, 2.75) is 45.2 Å². The first-order chi connectivity index (χ1) is 12.0. The van der Waals surface area contributed by atoms with Gasteiger partial charge in [-0.3, -0.25) is 9.58 Å². The minimum Gasteiger partial charge on any atom is -0.361 e. The molecule has 6 nitrogen and oxygen atoms in total. The Morgan fingerprint density at radius 3 is 2.84 bits per heavy atom. The number of nitrogens with zero attached hydrogens (tertiary/aromatic N) is 5. The molecule has 7 heteroatoms. The summed E-state index contributed by atoms with van der Waals surface area (Å²) in [6.07, 6.45) is 4.99. The van der Waals surface area contributed by atoms with E-state index in [2.05, 4.69) is 34.2 Å². The van der Waals surface area contributed by atoms with Crippen molar-refractivity contribution in [2.75, 3.05) is 27.2 Å². The minimum atomic E-state index is 0.597. The molecule has 1 aliphatic rings. The van der Waals surface area contributed by atoms with Crippen LogP contribution in [0.15, 0.2) is 10.6 Å². The fourth-order valence-corrected chi connectivity index (χ4v) is 3.76. The van der Waals surface area contributed by atoms with Crippen molar-refractivity contribution < 1.29 is 4.52 Å². The molecule has 2 aromatic rings. The van der Waals surface area contributed by atoms with Crippen LogP contribution in [0.2, 0.25) is 5.15 Å². The van der Waals surface area contributed by atoms with Gasteiger partial charge in [-0.25, -0.2) is 0 Å². The van der Waals surface area contributed by atoms with E-state index < -0.39 is 0 Å². The number of aromatic nitrogens is 3. The molecule has 3 rings (SSSR count). The van der Waals surface area contributed by atoms with Crippen LogP contribution in [0.1, 0.15) is 37.0 Å². The highest BCUT2D eigenvalue weighted by atomic mass is 35.5. The van der Waals surface area contributed by atoms with E-state index in [1.165, 1.54) is 25.7 Å².